The van der Waals surface area contributed by atoms with Crippen LogP contribution in [0.3, 0.4) is 0 Å². The highest BCUT2D eigenvalue weighted by Crippen LogP contribution is 2.18. The van der Waals surface area contributed by atoms with Crippen LogP contribution in [0.1, 0.15) is 31.0 Å². The fourth-order valence-electron chi connectivity index (χ4n) is 1.68. The Bertz CT molecular complexity index is 524. The van der Waals surface area contributed by atoms with Gasteiger partial charge in [-0.15, -0.1) is 15.3 Å². The van der Waals surface area contributed by atoms with Crippen LogP contribution in [-0.4, -0.2) is 36.9 Å². The van der Waals surface area contributed by atoms with Gasteiger partial charge in [0.05, 0.1) is 12.7 Å². The average molecular weight is 296 g/mol. The monoisotopic (exact) mass is 296 g/mol. The van der Waals surface area contributed by atoms with Gasteiger partial charge in [0, 0.05) is 19.6 Å². The molecule has 0 atom stereocenters. The van der Waals surface area contributed by atoms with Crippen LogP contribution in [0.4, 0.5) is 5.13 Å². The van der Waals surface area contributed by atoms with Crippen LogP contribution >= 0.6 is 11.3 Å². The van der Waals surface area contributed by atoms with E-state index in [0.29, 0.717) is 25.4 Å². The van der Waals surface area contributed by atoms with Crippen LogP contribution in [0, 0.1) is 5.92 Å². The fraction of sp³-hybridized carbons (Fsp3) is 0.667. The molecule has 20 heavy (non-hydrogen) atoms. The largest absolute Gasteiger partial charge is 0.396 e. The van der Waals surface area contributed by atoms with Gasteiger partial charge in [-0.2, -0.15) is 0 Å². The van der Waals surface area contributed by atoms with Crippen LogP contribution in [0.5, 0.6) is 0 Å². The SMILES string of the molecule is CC(C)Cc1nnc(NCc2cn(CCCO)nn2)s1. The molecular weight excluding hydrogens is 276 g/mol. The average Bonchev–Trinajstić information content (AvgIpc) is 3.02. The molecule has 2 aromatic heterocycles. The van der Waals surface area contributed by atoms with E-state index in [2.05, 4.69) is 39.7 Å². The molecular formula is C12H20N6OS. The summed E-state index contributed by atoms with van der Waals surface area (Å²) in [6.45, 7) is 5.76. The maximum Gasteiger partial charge on any atom is 0.205 e. The van der Waals surface area contributed by atoms with Crippen molar-refractivity contribution < 1.29 is 5.11 Å². The second-order valence-corrected chi connectivity index (χ2v) is 6.06. The van der Waals surface area contributed by atoms with E-state index in [1.54, 1.807) is 16.0 Å². The molecule has 2 N–H and O–H groups in total. The fourth-order valence-corrected chi connectivity index (χ4v) is 2.63. The van der Waals surface area contributed by atoms with Crippen molar-refractivity contribution in [1.82, 2.24) is 25.2 Å². The van der Waals surface area contributed by atoms with Crippen molar-refractivity contribution in [3.05, 3.63) is 16.9 Å². The highest BCUT2D eigenvalue weighted by Gasteiger charge is 2.07. The first kappa shape index (κ1) is 14.9. The lowest BCUT2D eigenvalue weighted by molar-refractivity contribution is 0.276. The first-order chi connectivity index (χ1) is 9.67. The number of aryl methyl sites for hydroxylation is 1. The van der Waals surface area contributed by atoms with E-state index < -0.39 is 0 Å². The van der Waals surface area contributed by atoms with Crippen LogP contribution in [0.2, 0.25) is 0 Å². The third kappa shape index (κ3) is 4.53. The van der Waals surface area contributed by atoms with Gasteiger partial charge in [-0.25, -0.2) is 0 Å². The minimum atomic E-state index is 0.164. The number of aliphatic hydroxyl groups excluding tert-OH is 1. The second-order valence-electron chi connectivity index (χ2n) is 5.00. The molecule has 0 saturated heterocycles. The van der Waals surface area contributed by atoms with Crippen LogP contribution < -0.4 is 5.32 Å². The van der Waals surface area contributed by atoms with Crippen molar-refractivity contribution in [1.29, 1.82) is 0 Å². The standard InChI is InChI=1S/C12H20N6OS/c1-9(2)6-11-15-16-12(20-11)13-7-10-8-18(17-14-10)4-3-5-19/h8-9,19H,3-7H2,1-2H3,(H,13,16). The summed E-state index contributed by atoms with van der Waals surface area (Å²) < 4.78 is 1.73. The summed E-state index contributed by atoms with van der Waals surface area (Å²) in [4.78, 5) is 0. The van der Waals surface area contributed by atoms with Gasteiger partial charge in [-0.3, -0.25) is 4.68 Å². The van der Waals surface area contributed by atoms with Crippen molar-refractivity contribution in [2.75, 3.05) is 11.9 Å². The molecule has 0 radical (unpaired) electrons. The highest BCUT2D eigenvalue weighted by atomic mass is 32.1. The zero-order chi connectivity index (χ0) is 14.4. The van der Waals surface area contributed by atoms with Gasteiger partial charge in [0.1, 0.15) is 10.7 Å². The van der Waals surface area contributed by atoms with E-state index in [1.165, 1.54) is 0 Å². The molecule has 0 bridgehead atoms. The number of anilines is 1. The van der Waals surface area contributed by atoms with Gasteiger partial charge in [0.15, 0.2) is 0 Å². The minimum absolute atomic E-state index is 0.164. The summed E-state index contributed by atoms with van der Waals surface area (Å²) in [6, 6.07) is 0. The number of nitrogens with zero attached hydrogens (tertiary/aromatic N) is 5. The molecule has 0 spiro atoms. The quantitative estimate of drug-likeness (QED) is 0.764. The molecule has 2 aromatic rings. The summed E-state index contributed by atoms with van der Waals surface area (Å²) in [7, 11) is 0. The smallest absolute Gasteiger partial charge is 0.205 e. The zero-order valence-electron chi connectivity index (χ0n) is 11.8. The van der Waals surface area contributed by atoms with Crippen LogP contribution in [-0.2, 0) is 19.5 Å². The van der Waals surface area contributed by atoms with Gasteiger partial charge in [0.25, 0.3) is 0 Å². The number of hydrogen-bond acceptors (Lipinski definition) is 7. The highest BCUT2D eigenvalue weighted by molar-refractivity contribution is 7.15. The lowest BCUT2D eigenvalue weighted by Crippen LogP contribution is -2.01. The number of aromatic nitrogens is 5. The van der Waals surface area contributed by atoms with E-state index in [-0.39, 0.29) is 6.61 Å². The first-order valence-electron chi connectivity index (χ1n) is 6.73. The second kappa shape index (κ2) is 7.30. The molecule has 0 amide bonds. The van der Waals surface area contributed by atoms with E-state index in [4.69, 9.17) is 5.11 Å². The molecule has 0 aromatic carbocycles. The molecule has 0 fully saturated rings. The van der Waals surface area contributed by atoms with Gasteiger partial charge < -0.3 is 10.4 Å². The summed E-state index contributed by atoms with van der Waals surface area (Å²) in [5.41, 5.74) is 0.851. The number of hydrogen-bond donors (Lipinski definition) is 2. The predicted molar refractivity (Wildman–Crippen MR) is 77.5 cm³/mol. The maximum atomic E-state index is 8.76. The van der Waals surface area contributed by atoms with E-state index >= 15 is 0 Å². The van der Waals surface area contributed by atoms with Crippen LogP contribution in [0.25, 0.3) is 0 Å². The van der Waals surface area contributed by atoms with E-state index in [1.807, 2.05) is 6.20 Å². The molecule has 8 heteroatoms. The summed E-state index contributed by atoms with van der Waals surface area (Å²) in [6.07, 6.45) is 3.51. The maximum absolute atomic E-state index is 8.76. The van der Waals surface area contributed by atoms with Gasteiger partial charge in [-0.05, 0) is 12.3 Å². The van der Waals surface area contributed by atoms with Crippen molar-refractivity contribution >= 4 is 16.5 Å². The van der Waals surface area contributed by atoms with Crippen molar-refractivity contribution in [2.24, 2.45) is 5.92 Å². The Balaban J connectivity index is 1.82. The third-order valence-corrected chi connectivity index (χ3v) is 3.51. The third-order valence-electron chi connectivity index (χ3n) is 2.60. The first-order valence-corrected chi connectivity index (χ1v) is 7.55. The summed E-state index contributed by atoms with van der Waals surface area (Å²) >= 11 is 1.58. The van der Waals surface area contributed by atoms with Gasteiger partial charge >= 0.3 is 0 Å². The molecule has 110 valence electrons. The molecule has 0 aliphatic rings. The Kier molecular flexibility index (Phi) is 5.42. The Morgan fingerprint density at radius 3 is 2.95 bits per heavy atom. The summed E-state index contributed by atoms with van der Waals surface area (Å²) in [5, 5.41) is 30.1. The van der Waals surface area contributed by atoms with Crippen molar-refractivity contribution in [3.8, 4) is 0 Å². The van der Waals surface area contributed by atoms with E-state index in [9.17, 15) is 0 Å². The Hall–Kier alpha value is -1.54. The molecule has 0 aliphatic heterocycles. The number of rotatable bonds is 8. The lowest BCUT2D eigenvalue weighted by atomic mass is 10.1. The number of aliphatic hydroxyl groups is 1. The van der Waals surface area contributed by atoms with Crippen molar-refractivity contribution in [3.63, 3.8) is 0 Å². The molecule has 2 heterocycles. The Morgan fingerprint density at radius 1 is 1.35 bits per heavy atom. The zero-order valence-corrected chi connectivity index (χ0v) is 12.6. The van der Waals surface area contributed by atoms with Gasteiger partial charge in [0.2, 0.25) is 5.13 Å². The summed E-state index contributed by atoms with van der Waals surface area (Å²) in [5.74, 6) is 0.585. The Labute approximate surface area is 122 Å². The van der Waals surface area contributed by atoms with Gasteiger partial charge in [-0.1, -0.05) is 30.4 Å². The molecule has 0 saturated carbocycles. The minimum Gasteiger partial charge on any atom is -0.396 e. The molecule has 2 rings (SSSR count). The van der Waals surface area contributed by atoms with Crippen molar-refractivity contribution in [2.45, 2.75) is 39.8 Å². The lowest BCUT2D eigenvalue weighted by Gasteiger charge is -1.98. The molecule has 0 unspecified atom stereocenters. The van der Waals surface area contributed by atoms with E-state index in [0.717, 1.165) is 22.3 Å². The predicted octanol–water partition coefficient (Wildman–Crippen LogP) is 1.32. The molecule has 0 aliphatic carbocycles. The topological polar surface area (TPSA) is 88.8 Å². The Morgan fingerprint density at radius 2 is 2.20 bits per heavy atom. The normalized spacial score (nSPS) is 11.2. The number of nitrogens with one attached hydrogen (secondary N) is 1. The molecule has 7 nitrogen and oxygen atoms in total. The van der Waals surface area contributed by atoms with Crippen LogP contribution in [0.15, 0.2) is 6.20 Å².